The second-order valence-corrected chi connectivity index (χ2v) is 4.24. The average molecular weight is 277 g/mol. The van der Waals surface area contributed by atoms with Crippen LogP contribution in [0, 0.1) is 0 Å². The number of nitrogens with one attached hydrogen (secondary N) is 2. The van der Waals surface area contributed by atoms with E-state index in [1.54, 1.807) is 35.2 Å². The largest absolute Gasteiger partial charge is 0.453 e. The molecule has 6 nitrogen and oxygen atoms in total. The first-order chi connectivity index (χ1) is 9.19. The number of rotatable bonds is 3. The van der Waals surface area contributed by atoms with E-state index in [2.05, 4.69) is 20.4 Å². The summed E-state index contributed by atoms with van der Waals surface area (Å²) in [6.45, 7) is 0. The number of aromatic nitrogens is 1. The van der Waals surface area contributed by atoms with Gasteiger partial charge >= 0.3 is 6.09 Å². The van der Waals surface area contributed by atoms with E-state index in [9.17, 15) is 9.59 Å². The van der Waals surface area contributed by atoms with E-state index >= 15 is 0 Å². The molecule has 0 atom stereocenters. The Morgan fingerprint density at radius 3 is 2.32 bits per heavy atom. The molecule has 2 amide bonds. The van der Waals surface area contributed by atoms with Gasteiger partial charge in [0, 0.05) is 16.8 Å². The van der Waals surface area contributed by atoms with E-state index in [4.69, 9.17) is 0 Å². The fourth-order valence-electron chi connectivity index (χ4n) is 1.33. The van der Waals surface area contributed by atoms with Crippen molar-refractivity contribution in [3.05, 3.63) is 40.8 Å². The summed E-state index contributed by atoms with van der Waals surface area (Å²) in [6, 6.07) is 6.67. The van der Waals surface area contributed by atoms with Crippen LogP contribution >= 0.6 is 11.3 Å². The summed E-state index contributed by atoms with van der Waals surface area (Å²) < 4.78 is 4.47. The van der Waals surface area contributed by atoms with E-state index < -0.39 is 6.09 Å². The zero-order chi connectivity index (χ0) is 13.7. The Morgan fingerprint density at radius 1 is 1.16 bits per heavy atom. The molecule has 1 aromatic heterocycles. The van der Waals surface area contributed by atoms with E-state index in [-0.39, 0.29) is 5.91 Å². The third-order valence-electron chi connectivity index (χ3n) is 2.24. The Hall–Kier alpha value is -2.41. The molecule has 2 N–H and O–H groups in total. The molecule has 0 bridgehead atoms. The van der Waals surface area contributed by atoms with Crippen LogP contribution in [0.4, 0.5) is 16.2 Å². The van der Waals surface area contributed by atoms with Gasteiger partial charge in [-0.1, -0.05) is 0 Å². The lowest BCUT2D eigenvalue weighted by atomic mass is 10.2. The lowest BCUT2D eigenvalue weighted by Crippen LogP contribution is -2.13. The lowest BCUT2D eigenvalue weighted by Gasteiger charge is -2.06. The molecule has 1 aromatic carbocycles. The summed E-state index contributed by atoms with van der Waals surface area (Å²) in [6.07, 6.45) is -0.542. The van der Waals surface area contributed by atoms with Crippen LogP contribution in [0.25, 0.3) is 0 Å². The van der Waals surface area contributed by atoms with E-state index in [0.29, 0.717) is 17.1 Å². The van der Waals surface area contributed by atoms with Gasteiger partial charge in [-0.2, -0.15) is 0 Å². The number of carbonyl (C=O) groups excluding carboxylic acids is 2. The number of thiazole rings is 1. The van der Waals surface area contributed by atoms with Gasteiger partial charge in [0.2, 0.25) is 0 Å². The van der Waals surface area contributed by atoms with Crippen molar-refractivity contribution in [2.24, 2.45) is 0 Å². The zero-order valence-electron chi connectivity index (χ0n) is 10.0. The SMILES string of the molecule is COC(=O)Nc1ccc(NC(=O)c2cscn2)cc1. The van der Waals surface area contributed by atoms with Gasteiger partial charge in [-0.05, 0) is 24.3 Å². The van der Waals surface area contributed by atoms with Crippen molar-refractivity contribution in [3.8, 4) is 0 Å². The number of hydrogen-bond donors (Lipinski definition) is 2. The molecule has 0 spiro atoms. The number of anilines is 2. The van der Waals surface area contributed by atoms with Crippen molar-refractivity contribution < 1.29 is 14.3 Å². The first kappa shape index (κ1) is 13.0. The summed E-state index contributed by atoms with van der Waals surface area (Å²) in [7, 11) is 1.29. The van der Waals surface area contributed by atoms with Gasteiger partial charge in [0.1, 0.15) is 5.69 Å². The highest BCUT2D eigenvalue weighted by atomic mass is 32.1. The minimum Gasteiger partial charge on any atom is -0.453 e. The zero-order valence-corrected chi connectivity index (χ0v) is 10.9. The first-order valence-corrected chi connectivity index (χ1v) is 6.28. The first-order valence-electron chi connectivity index (χ1n) is 5.33. The van der Waals surface area contributed by atoms with Crippen LogP contribution in [0.1, 0.15) is 10.5 Å². The molecule has 98 valence electrons. The normalized spacial score (nSPS) is 9.74. The standard InChI is InChI=1S/C12H11N3O3S/c1-18-12(17)15-9-4-2-8(3-5-9)14-11(16)10-6-19-7-13-10/h2-7H,1H3,(H,14,16)(H,15,17). The van der Waals surface area contributed by atoms with Crippen molar-refractivity contribution >= 4 is 34.7 Å². The molecule has 7 heteroatoms. The molecule has 0 saturated carbocycles. The number of nitrogens with zero attached hydrogens (tertiary/aromatic N) is 1. The highest BCUT2D eigenvalue weighted by Crippen LogP contribution is 2.14. The maximum Gasteiger partial charge on any atom is 0.411 e. The summed E-state index contributed by atoms with van der Waals surface area (Å²) in [5.41, 5.74) is 3.17. The Kier molecular flexibility index (Phi) is 4.09. The fraction of sp³-hybridized carbons (Fsp3) is 0.0833. The third-order valence-corrected chi connectivity index (χ3v) is 2.83. The van der Waals surface area contributed by atoms with Crippen LogP contribution in [-0.4, -0.2) is 24.1 Å². The maximum absolute atomic E-state index is 11.7. The summed E-state index contributed by atoms with van der Waals surface area (Å²) in [5.74, 6) is -0.269. The minimum atomic E-state index is -0.542. The molecular weight excluding hydrogens is 266 g/mol. The van der Waals surface area contributed by atoms with Crippen LogP contribution in [0.3, 0.4) is 0 Å². The van der Waals surface area contributed by atoms with Crippen molar-refractivity contribution in [3.63, 3.8) is 0 Å². The highest BCUT2D eigenvalue weighted by molar-refractivity contribution is 7.07. The van der Waals surface area contributed by atoms with Gasteiger partial charge < -0.3 is 10.1 Å². The molecule has 0 radical (unpaired) electrons. The molecule has 0 aliphatic carbocycles. The van der Waals surface area contributed by atoms with Gasteiger partial charge in [-0.3, -0.25) is 10.1 Å². The maximum atomic E-state index is 11.7. The van der Waals surface area contributed by atoms with Crippen molar-refractivity contribution in [2.45, 2.75) is 0 Å². The Bertz CT molecular complexity index is 566. The molecule has 0 aliphatic heterocycles. The predicted molar refractivity (Wildman–Crippen MR) is 72.5 cm³/mol. The van der Waals surface area contributed by atoms with Gasteiger partial charge in [0.15, 0.2) is 0 Å². The lowest BCUT2D eigenvalue weighted by molar-refractivity contribution is 0.102. The molecule has 0 aliphatic rings. The second-order valence-electron chi connectivity index (χ2n) is 3.52. The molecule has 0 unspecified atom stereocenters. The van der Waals surface area contributed by atoms with Crippen LogP contribution < -0.4 is 10.6 Å². The Morgan fingerprint density at radius 2 is 1.79 bits per heavy atom. The smallest absolute Gasteiger partial charge is 0.411 e. The topological polar surface area (TPSA) is 80.3 Å². The number of hydrogen-bond acceptors (Lipinski definition) is 5. The van der Waals surface area contributed by atoms with E-state index in [0.717, 1.165) is 0 Å². The fourth-order valence-corrected chi connectivity index (χ4v) is 1.86. The van der Waals surface area contributed by atoms with Crippen LogP contribution in [0.2, 0.25) is 0 Å². The molecule has 0 saturated heterocycles. The second kappa shape index (κ2) is 5.96. The highest BCUT2D eigenvalue weighted by Gasteiger charge is 2.07. The molecule has 0 fully saturated rings. The predicted octanol–water partition coefficient (Wildman–Crippen LogP) is 2.57. The Labute approximate surface area is 113 Å². The van der Waals surface area contributed by atoms with Crippen LogP contribution in [-0.2, 0) is 4.74 Å². The monoisotopic (exact) mass is 277 g/mol. The summed E-state index contributed by atoms with van der Waals surface area (Å²) in [4.78, 5) is 26.6. The van der Waals surface area contributed by atoms with Crippen molar-refractivity contribution in [1.29, 1.82) is 0 Å². The van der Waals surface area contributed by atoms with Crippen molar-refractivity contribution in [2.75, 3.05) is 17.7 Å². The molecular formula is C12H11N3O3S. The number of ether oxygens (including phenoxy) is 1. The van der Waals surface area contributed by atoms with E-state index in [1.165, 1.54) is 18.4 Å². The van der Waals surface area contributed by atoms with Gasteiger partial charge in [0.05, 0.1) is 12.6 Å². The number of carbonyl (C=O) groups is 2. The van der Waals surface area contributed by atoms with Gasteiger partial charge in [-0.25, -0.2) is 9.78 Å². The third kappa shape index (κ3) is 3.52. The van der Waals surface area contributed by atoms with Crippen LogP contribution in [0.15, 0.2) is 35.2 Å². The quantitative estimate of drug-likeness (QED) is 0.903. The molecule has 1 heterocycles. The Balaban J connectivity index is 1.99. The molecule has 2 rings (SSSR count). The number of methoxy groups -OCH3 is 1. The van der Waals surface area contributed by atoms with Crippen molar-refractivity contribution in [1.82, 2.24) is 4.98 Å². The van der Waals surface area contributed by atoms with Crippen LogP contribution in [0.5, 0.6) is 0 Å². The summed E-state index contributed by atoms with van der Waals surface area (Å²) >= 11 is 1.36. The summed E-state index contributed by atoms with van der Waals surface area (Å²) in [5, 5.41) is 6.88. The minimum absolute atomic E-state index is 0.269. The van der Waals surface area contributed by atoms with E-state index in [1.807, 2.05) is 0 Å². The van der Waals surface area contributed by atoms with Gasteiger partial charge in [0.25, 0.3) is 5.91 Å². The molecule has 2 aromatic rings. The molecule has 19 heavy (non-hydrogen) atoms. The number of amides is 2. The number of benzene rings is 1. The average Bonchev–Trinajstić information content (AvgIpc) is 2.95. The van der Waals surface area contributed by atoms with Gasteiger partial charge in [-0.15, -0.1) is 11.3 Å².